The molecule has 1 aliphatic heterocycles. The van der Waals surface area contributed by atoms with E-state index in [1.807, 2.05) is 6.07 Å². The second kappa shape index (κ2) is 6.41. The molecule has 0 spiro atoms. The number of carbonyl (C=O) groups is 1. The Morgan fingerprint density at radius 2 is 2.05 bits per heavy atom. The van der Waals surface area contributed by atoms with Crippen LogP contribution >= 0.6 is 0 Å². The number of rotatable bonds is 4. The van der Waals surface area contributed by atoms with Crippen molar-refractivity contribution >= 4 is 5.91 Å². The number of hydrogen-bond acceptors (Lipinski definition) is 2. The first-order chi connectivity index (χ1) is 10.6. The van der Waals surface area contributed by atoms with Gasteiger partial charge in [-0.2, -0.15) is 0 Å². The normalized spacial score (nSPS) is 24.1. The van der Waals surface area contributed by atoms with E-state index in [4.69, 9.17) is 0 Å². The van der Waals surface area contributed by atoms with Gasteiger partial charge in [-0.15, -0.1) is 0 Å². The molecule has 0 bridgehead atoms. The highest BCUT2D eigenvalue weighted by Crippen LogP contribution is 2.45. The fraction of sp³-hybridized carbons (Fsp3) is 0.632. The molecule has 3 nitrogen and oxygen atoms in total. The first-order valence-electron chi connectivity index (χ1n) is 8.71. The fourth-order valence-electron chi connectivity index (χ4n) is 3.97. The molecule has 2 aliphatic rings. The topological polar surface area (TPSA) is 32.3 Å². The van der Waals surface area contributed by atoms with E-state index in [-0.39, 0.29) is 5.41 Å². The van der Waals surface area contributed by atoms with E-state index in [0.717, 1.165) is 38.9 Å². The van der Waals surface area contributed by atoms with Crippen LogP contribution in [0.5, 0.6) is 0 Å². The van der Waals surface area contributed by atoms with Crippen LogP contribution in [0.4, 0.5) is 0 Å². The Bertz CT molecular complexity index is 507. The third-order valence-corrected chi connectivity index (χ3v) is 5.30. The van der Waals surface area contributed by atoms with Crippen LogP contribution in [-0.2, 0) is 10.2 Å². The summed E-state index contributed by atoms with van der Waals surface area (Å²) >= 11 is 0. The summed E-state index contributed by atoms with van der Waals surface area (Å²) in [6, 6.07) is 10.8. The van der Waals surface area contributed by atoms with Gasteiger partial charge in [0.05, 0.1) is 5.41 Å². The van der Waals surface area contributed by atoms with Crippen molar-refractivity contribution in [2.75, 3.05) is 19.6 Å². The van der Waals surface area contributed by atoms with Gasteiger partial charge in [-0.25, -0.2) is 0 Å². The van der Waals surface area contributed by atoms with Crippen molar-refractivity contribution in [1.29, 1.82) is 0 Å². The molecule has 120 valence electrons. The van der Waals surface area contributed by atoms with Gasteiger partial charge < -0.3 is 10.2 Å². The molecule has 0 radical (unpaired) electrons. The predicted octanol–water partition coefficient (Wildman–Crippen LogP) is 2.95. The van der Waals surface area contributed by atoms with Gasteiger partial charge in [-0.1, -0.05) is 50.6 Å². The third kappa shape index (κ3) is 2.79. The lowest BCUT2D eigenvalue weighted by molar-refractivity contribution is -0.144. The smallest absolute Gasteiger partial charge is 0.233 e. The standard InChI is InChI=1S/C19H28N2O/c1-15(2)13-17-14-20-11-12-21(17)18(22)19(9-6-10-19)16-7-4-3-5-8-16/h3-5,7-8,15,17,20H,6,9-14H2,1-2H3. The van der Waals surface area contributed by atoms with Crippen molar-refractivity contribution < 1.29 is 4.79 Å². The molecule has 1 unspecified atom stereocenters. The molecule has 2 fully saturated rings. The molecule has 1 saturated carbocycles. The van der Waals surface area contributed by atoms with Crippen LogP contribution in [0.1, 0.15) is 45.1 Å². The van der Waals surface area contributed by atoms with E-state index >= 15 is 0 Å². The second-order valence-corrected chi connectivity index (χ2v) is 7.29. The van der Waals surface area contributed by atoms with E-state index in [9.17, 15) is 4.79 Å². The summed E-state index contributed by atoms with van der Waals surface area (Å²) in [5.41, 5.74) is 0.974. The summed E-state index contributed by atoms with van der Waals surface area (Å²) in [7, 11) is 0. The molecule has 22 heavy (non-hydrogen) atoms. The van der Waals surface area contributed by atoms with Gasteiger partial charge in [0.25, 0.3) is 0 Å². The molecule has 1 saturated heterocycles. The maximum atomic E-state index is 13.4. The Morgan fingerprint density at radius 3 is 2.64 bits per heavy atom. The van der Waals surface area contributed by atoms with Gasteiger partial charge >= 0.3 is 0 Å². The molecule has 3 rings (SSSR count). The molecule has 1 aromatic rings. The zero-order chi connectivity index (χ0) is 15.6. The minimum absolute atomic E-state index is 0.242. The third-order valence-electron chi connectivity index (χ3n) is 5.30. The van der Waals surface area contributed by atoms with Gasteiger partial charge in [0.1, 0.15) is 0 Å². The van der Waals surface area contributed by atoms with Crippen LogP contribution in [0.25, 0.3) is 0 Å². The van der Waals surface area contributed by atoms with Crippen LogP contribution in [0.15, 0.2) is 30.3 Å². The first-order valence-corrected chi connectivity index (χ1v) is 8.71. The molecule has 3 heteroatoms. The lowest BCUT2D eigenvalue weighted by Crippen LogP contribution is -2.60. The van der Waals surface area contributed by atoms with Crippen molar-refractivity contribution in [2.45, 2.75) is 51.0 Å². The highest BCUT2D eigenvalue weighted by atomic mass is 16.2. The molecule has 1 aromatic carbocycles. The predicted molar refractivity (Wildman–Crippen MR) is 89.8 cm³/mol. The molecular weight excluding hydrogens is 272 g/mol. The van der Waals surface area contributed by atoms with Crippen LogP contribution in [0.3, 0.4) is 0 Å². The van der Waals surface area contributed by atoms with Crippen molar-refractivity contribution in [1.82, 2.24) is 10.2 Å². The Hall–Kier alpha value is -1.35. The molecular formula is C19H28N2O. The molecule has 0 aromatic heterocycles. The summed E-state index contributed by atoms with van der Waals surface area (Å²) in [6.45, 7) is 7.20. The van der Waals surface area contributed by atoms with Crippen LogP contribution in [-0.4, -0.2) is 36.5 Å². The van der Waals surface area contributed by atoms with E-state index in [1.165, 1.54) is 12.0 Å². The summed E-state index contributed by atoms with van der Waals surface area (Å²) in [4.78, 5) is 15.6. The van der Waals surface area contributed by atoms with Crippen LogP contribution in [0.2, 0.25) is 0 Å². The average molecular weight is 300 g/mol. The number of benzene rings is 1. The lowest BCUT2D eigenvalue weighted by atomic mass is 9.63. The minimum atomic E-state index is -0.242. The Labute approximate surface area is 134 Å². The number of carbonyl (C=O) groups excluding carboxylic acids is 1. The Kier molecular flexibility index (Phi) is 4.53. The fourth-order valence-corrected chi connectivity index (χ4v) is 3.97. The van der Waals surface area contributed by atoms with Gasteiger partial charge in [-0.3, -0.25) is 4.79 Å². The quantitative estimate of drug-likeness (QED) is 0.927. The van der Waals surface area contributed by atoms with Crippen molar-refractivity contribution in [3.05, 3.63) is 35.9 Å². The number of nitrogens with zero attached hydrogens (tertiary/aromatic N) is 1. The van der Waals surface area contributed by atoms with Crippen LogP contribution in [0, 0.1) is 5.92 Å². The van der Waals surface area contributed by atoms with Gasteiger partial charge in [0, 0.05) is 25.7 Å². The molecule has 1 atom stereocenters. The minimum Gasteiger partial charge on any atom is -0.336 e. The summed E-state index contributed by atoms with van der Waals surface area (Å²) in [5.74, 6) is 0.992. The Morgan fingerprint density at radius 1 is 1.32 bits per heavy atom. The SMILES string of the molecule is CC(C)CC1CNCCN1C(=O)C1(c2ccccc2)CCC1. The maximum Gasteiger partial charge on any atom is 0.233 e. The van der Waals surface area contributed by atoms with Crippen molar-refractivity contribution in [3.63, 3.8) is 0 Å². The molecule has 1 amide bonds. The highest BCUT2D eigenvalue weighted by molar-refractivity contribution is 5.89. The van der Waals surface area contributed by atoms with Gasteiger partial charge in [0.15, 0.2) is 0 Å². The van der Waals surface area contributed by atoms with E-state index in [2.05, 4.69) is 48.3 Å². The van der Waals surface area contributed by atoms with E-state index in [0.29, 0.717) is 17.9 Å². The molecule has 1 heterocycles. The molecule has 1 N–H and O–H groups in total. The largest absolute Gasteiger partial charge is 0.336 e. The van der Waals surface area contributed by atoms with E-state index < -0.39 is 0 Å². The maximum absolute atomic E-state index is 13.4. The van der Waals surface area contributed by atoms with Crippen molar-refractivity contribution in [2.24, 2.45) is 5.92 Å². The zero-order valence-electron chi connectivity index (χ0n) is 13.8. The highest BCUT2D eigenvalue weighted by Gasteiger charge is 2.48. The van der Waals surface area contributed by atoms with Gasteiger partial charge in [-0.05, 0) is 30.7 Å². The van der Waals surface area contributed by atoms with Crippen LogP contribution < -0.4 is 5.32 Å². The summed E-state index contributed by atoms with van der Waals surface area (Å²) < 4.78 is 0. The number of nitrogens with one attached hydrogen (secondary N) is 1. The Balaban J connectivity index is 1.84. The van der Waals surface area contributed by atoms with E-state index in [1.54, 1.807) is 0 Å². The number of amides is 1. The van der Waals surface area contributed by atoms with Gasteiger partial charge in [0.2, 0.25) is 5.91 Å². The second-order valence-electron chi connectivity index (χ2n) is 7.29. The zero-order valence-corrected chi connectivity index (χ0v) is 13.8. The average Bonchev–Trinajstić information content (AvgIpc) is 2.47. The van der Waals surface area contributed by atoms with Crippen molar-refractivity contribution in [3.8, 4) is 0 Å². The molecule has 1 aliphatic carbocycles. The number of piperazine rings is 1. The summed E-state index contributed by atoms with van der Waals surface area (Å²) in [5, 5.41) is 3.46. The summed E-state index contributed by atoms with van der Waals surface area (Å²) in [6.07, 6.45) is 4.27. The first kappa shape index (κ1) is 15.5. The monoisotopic (exact) mass is 300 g/mol. The number of hydrogen-bond donors (Lipinski definition) is 1. The lowest BCUT2D eigenvalue weighted by Gasteiger charge is -2.47.